The van der Waals surface area contributed by atoms with Crippen molar-refractivity contribution in [2.24, 2.45) is 0 Å². The van der Waals surface area contributed by atoms with Crippen LogP contribution >= 0.6 is 11.3 Å². The molecule has 2 aromatic heterocycles. The first-order chi connectivity index (χ1) is 9.13. The van der Waals surface area contributed by atoms with E-state index in [1.165, 1.54) is 0 Å². The maximum atomic E-state index is 5.89. The summed E-state index contributed by atoms with van der Waals surface area (Å²) in [5, 5.41) is 0.903. The van der Waals surface area contributed by atoms with Crippen LogP contribution < -0.4 is 10.5 Å². The van der Waals surface area contributed by atoms with E-state index in [2.05, 4.69) is 9.97 Å². The number of thiophene rings is 1. The fourth-order valence-electron chi connectivity index (χ4n) is 1.88. The van der Waals surface area contributed by atoms with E-state index < -0.39 is 0 Å². The van der Waals surface area contributed by atoms with Crippen LogP contribution in [0.4, 0.5) is 5.95 Å². The van der Waals surface area contributed by atoms with E-state index in [4.69, 9.17) is 10.5 Å². The Balaban J connectivity index is 2.12. The van der Waals surface area contributed by atoms with Crippen LogP contribution in [-0.2, 0) is 0 Å². The van der Waals surface area contributed by atoms with Crippen molar-refractivity contribution in [3.8, 4) is 11.6 Å². The molecule has 96 valence electrons. The molecule has 4 nitrogen and oxygen atoms in total. The third-order valence-corrected chi connectivity index (χ3v) is 3.74. The first kappa shape index (κ1) is 11.9. The molecule has 0 saturated carbocycles. The molecule has 1 aromatic carbocycles. The molecule has 0 aliphatic carbocycles. The van der Waals surface area contributed by atoms with E-state index in [0.29, 0.717) is 5.88 Å². The highest BCUT2D eigenvalue weighted by Gasteiger charge is 2.12. The third kappa shape index (κ3) is 2.24. The van der Waals surface area contributed by atoms with E-state index in [0.717, 1.165) is 26.4 Å². The lowest BCUT2D eigenvalue weighted by atomic mass is 10.2. The Morgan fingerprint density at radius 3 is 2.74 bits per heavy atom. The highest BCUT2D eigenvalue weighted by molar-refractivity contribution is 7.18. The molecule has 0 aliphatic rings. The van der Waals surface area contributed by atoms with Crippen molar-refractivity contribution in [3.63, 3.8) is 0 Å². The minimum atomic E-state index is 0.234. The van der Waals surface area contributed by atoms with Gasteiger partial charge in [0, 0.05) is 4.88 Å². The number of para-hydroxylation sites is 1. The predicted molar refractivity (Wildman–Crippen MR) is 77.8 cm³/mol. The van der Waals surface area contributed by atoms with Crippen LogP contribution in [-0.4, -0.2) is 9.97 Å². The molecule has 19 heavy (non-hydrogen) atoms. The molecule has 0 spiro atoms. The number of nitrogens with zero attached hydrogens (tertiary/aromatic N) is 2. The maximum Gasteiger partial charge on any atom is 0.232 e. The number of benzene rings is 1. The third-order valence-electron chi connectivity index (χ3n) is 2.80. The van der Waals surface area contributed by atoms with Gasteiger partial charge < -0.3 is 10.5 Å². The van der Waals surface area contributed by atoms with Crippen molar-refractivity contribution < 1.29 is 4.74 Å². The zero-order valence-electron chi connectivity index (χ0n) is 10.7. The molecule has 0 fully saturated rings. The molecule has 0 unspecified atom stereocenters. The summed E-state index contributed by atoms with van der Waals surface area (Å²) in [6.07, 6.45) is 0. The first-order valence-corrected chi connectivity index (χ1v) is 6.72. The largest absolute Gasteiger partial charge is 0.438 e. The van der Waals surface area contributed by atoms with Crippen LogP contribution in [0, 0.1) is 13.8 Å². The molecule has 2 N–H and O–H groups in total. The molecular formula is C14H13N3OS. The van der Waals surface area contributed by atoms with Gasteiger partial charge in [-0.05, 0) is 31.5 Å². The number of nitrogen functional groups attached to an aromatic ring is 1. The molecule has 5 heteroatoms. The molecule has 0 radical (unpaired) electrons. The molecule has 2 heterocycles. The zero-order valence-corrected chi connectivity index (χ0v) is 11.5. The van der Waals surface area contributed by atoms with E-state index in [-0.39, 0.29) is 5.95 Å². The number of rotatable bonds is 2. The molecule has 0 saturated heterocycles. The summed E-state index contributed by atoms with van der Waals surface area (Å²) >= 11 is 1.58. The van der Waals surface area contributed by atoms with Gasteiger partial charge >= 0.3 is 0 Å². The van der Waals surface area contributed by atoms with E-state index >= 15 is 0 Å². The van der Waals surface area contributed by atoms with Crippen LogP contribution in [0.2, 0.25) is 0 Å². The summed E-state index contributed by atoms with van der Waals surface area (Å²) in [6, 6.07) is 9.84. The second kappa shape index (κ2) is 4.51. The summed E-state index contributed by atoms with van der Waals surface area (Å²) in [5.41, 5.74) is 6.79. The van der Waals surface area contributed by atoms with Crippen LogP contribution in [0.25, 0.3) is 10.2 Å². The lowest BCUT2D eigenvalue weighted by Crippen LogP contribution is -1.97. The second-order valence-electron chi connectivity index (χ2n) is 4.33. The summed E-state index contributed by atoms with van der Waals surface area (Å²) in [7, 11) is 0. The average Bonchev–Trinajstić information content (AvgIpc) is 2.72. The van der Waals surface area contributed by atoms with Crippen LogP contribution in [0.1, 0.15) is 10.4 Å². The van der Waals surface area contributed by atoms with Gasteiger partial charge in [-0.25, -0.2) is 4.98 Å². The Hall–Kier alpha value is -2.14. The van der Waals surface area contributed by atoms with Gasteiger partial charge in [0.2, 0.25) is 11.8 Å². The lowest BCUT2D eigenvalue weighted by molar-refractivity contribution is 0.466. The molecule has 0 amide bonds. The SMILES string of the molecule is Cc1cc2c(Oc3ccccc3C)nc(N)nc2s1. The number of hydrogen-bond acceptors (Lipinski definition) is 5. The smallest absolute Gasteiger partial charge is 0.232 e. The molecule has 0 aliphatic heterocycles. The van der Waals surface area contributed by atoms with Gasteiger partial charge in [0.15, 0.2) is 0 Å². The highest BCUT2D eigenvalue weighted by Crippen LogP contribution is 2.33. The fraction of sp³-hybridized carbons (Fsp3) is 0.143. The molecule has 0 atom stereocenters. The highest BCUT2D eigenvalue weighted by atomic mass is 32.1. The van der Waals surface area contributed by atoms with Gasteiger partial charge in [-0.2, -0.15) is 4.98 Å². The van der Waals surface area contributed by atoms with E-state index in [1.54, 1.807) is 11.3 Å². The summed E-state index contributed by atoms with van der Waals surface area (Å²) in [6.45, 7) is 4.02. The van der Waals surface area contributed by atoms with Crippen molar-refractivity contribution in [1.29, 1.82) is 0 Å². The maximum absolute atomic E-state index is 5.89. The first-order valence-electron chi connectivity index (χ1n) is 5.90. The molecule has 3 aromatic rings. The average molecular weight is 271 g/mol. The second-order valence-corrected chi connectivity index (χ2v) is 5.57. The molecule has 3 rings (SSSR count). The zero-order chi connectivity index (χ0) is 13.4. The van der Waals surface area contributed by atoms with Crippen LogP contribution in [0.15, 0.2) is 30.3 Å². The predicted octanol–water partition coefficient (Wildman–Crippen LogP) is 3.68. The van der Waals surface area contributed by atoms with Crippen LogP contribution in [0.5, 0.6) is 11.6 Å². The standard InChI is InChI=1S/C14H13N3OS/c1-8-5-3-4-6-11(8)18-12-10-7-9(2)19-13(10)17-14(15)16-12/h3-7H,1-2H3,(H2,15,16,17). The number of aromatic nitrogens is 2. The topological polar surface area (TPSA) is 61.0 Å². The van der Waals surface area contributed by atoms with E-state index in [1.807, 2.05) is 44.2 Å². The van der Waals surface area contributed by atoms with Crippen molar-refractivity contribution in [2.45, 2.75) is 13.8 Å². The monoisotopic (exact) mass is 271 g/mol. The fourth-order valence-corrected chi connectivity index (χ4v) is 2.76. The van der Waals surface area contributed by atoms with Gasteiger partial charge in [-0.1, -0.05) is 18.2 Å². The molecule has 0 bridgehead atoms. The van der Waals surface area contributed by atoms with Crippen molar-refractivity contribution in [1.82, 2.24) is 9.97 Å². The minimum Gasteiger partial charge on any atom is -0.438 e. The van der Waals surface area contributed by atoms with Crippen molar-refractivity contribution >= 4 is 27.5 Å². The van der Waals surface area contributed by atoms with Crippen LogP contribution in [0.3, 0.4) is 0 Å². The Bertz CT molecular complexity index is 752. The summed E-state index contributed by atoms with van der Waals surface area (Å²) in [5.74, 6) is 1.53. The number of anilines is 1. The lowest BCUT2D eigenvalue weighted by Gasteiger charge is -2.08. The van der Waals surface area contributed by atoms with Gasteiger partial charge in [-0.3, -0.25) is 0 Å². The molecular weight excluding hydrogens is 258 g/mol. The number of hydrogen-bond donors (Lipinski definition) is 1. The Morgan fingerprint density at radius 2 is 1.95 bits per heavy atom. The van der Waals surface area contributed by atoms with E-state index in [9.17, 15) is 0 Å². The normalized spacial score (nSPS) is 10.8. The number of ether oxygens (including phenoxy) is 1. The van der Waals surface area contributed by atoms with Crippen molar-refractivity contribution in [3.05, 3.63) is 40.8 Å². The quantitative estimate of drug-likeness (QED) is 0.772. The minimum absolute atomic E-state index is 0.234. The van der Waals surface area contributed by atoms with Crippen molar-refractivity contribution in [2.75, 3.05) is 5.73 Å². The summed E-state index contributed by atoms with van der Waals surface area (Å²) in [4.78, 5) is 10.4. The number of fused-ring (bicyclic) bond motifs is 1. The van der Waals surface area contributed by atoms with Gasteiger partial charge in [-0.15, -0.1) is 11.3 Å². The number of aryl methyl sites for hydroxylation is 2. The Morgan fingerprint density at radius 1 is 1.16 bits per heavy atom. The van der Waals surface area contributed by atoms with Gasteiger partial charge in [0.25, 0.3) is 0 Å². The summed E-state index contributed by atoms with van der Waals surface area (Å²) < 4.78 is 5.89. The number of nitrogens with two attached hydrogens (primary N) is 1. The Labute approximate surface area is 114 Å². The van der Waals surface area contributed by atoms with Gasteiger partial charge in [0.1, 0.15) is 10.6 Å². The Kier molecular flexibility index (Phi) is 2.83. The van der Waals surface area contributed by atoms with Gasteiger partial charge in [0.05, 0.1) is 5.39 Å².